The van der Waals surface area contributed by atoms with E-state index in [0.717, 1.165) is 18.8 Å². The standard InChI is InChI=1S/C16H21ClN4O4/c17-12-2-1-3-13(15(12)20-4-6-24-7-5-20)19-16(23)21-8-11(9-21)25-10-14(18)22/h1-3,11H,4-10H2,(H2,18,22)(H,19,23). The Bertz CT molecular complexity index is 645. The molecule has 3 rings (SSSR count). The van der Waals surface area contributed by atoms with Crippen LogP contribution in [0.25, 0.3) is 0 Å². The number of nitrogens with two attached hydrogens (primary N) is 1. The number of likely N-dealkylation sites (tertiary alicyclic amines) is 1. The number of para-hydroxylation sites is 1. The molecule has 2 aliphatic heterocycles. The molecule has 2 fully saturated rings. The summed E-state index contributed by atoms with van der Waals surface area (Å²) in [5.41, 5.74) is 6.51. The van der Waals surface area contributed by atoms with Crippen molar-refractivity contribution in [1.29, 1.82) is 0 Å². The van der Waals surface area contributed by atoms with Crippen LogP contribution in [0.2, 0.25) is 5.02 Å². The number of hydrogen-bond donors (Lipinski definition) is 2. The molecule has 25 heavy (non-hydrogen) atoms. The van der Waals surface area contributed by atoms with Gasteiger partial charge in [0.15, 0.2) is 0 Å². The van der Waals surface area contributed by atoms with E-state index in [9.17, 15) is 9.59 Å². The van der Waals surface area contributed by atoms with Crippen molar-refractivity contribution in [1.82, 2.24) is 4.90 Å². The minimum atomic E-state index is -0.517. The number of halogens is 1. The van der Waals surface area contributed by atoms with Crippen LogP contribution in [-0.4, -0.2) is 68.9 Å². The van der Waals surface area contributed by atoms with Gasteiger partial charge in [-0.3, -0.25) is 4.79 Å². The molecule has 3 amide bonds. The fourth-order valence-electron chi connectivity index (χ4n) is 2.83. The zero-order chi connectivity index (χ0) is 17.8. The summed E-state index contributed by atoms with van der Waals surface area (Å²) < 4.78 is 10.6. The number of carbonyl (C=O) groups is 2. The maximum Gasteiger partial charge on any atom is 0.322 e. The van der Waals surface area contributed by atoms with E-state index in [0.29, 0.717) is 37.0 Å². The van der Waals surface area contributed by atoms with Crippen LogP contribution in [0.3, 0.4) is 0 Å². The van der Waals surface area contributed by atoms with Crippen molar-refractivity contribution in [2.45, 2.75) is 6.10 Å². The fraction of sp³-hybridized carbons (Fsp3) is 0.500. The normalized spacial score (nSPS) is 18.0. The number of carbonyl (C=O) groups excluding carboxylic acids is 2. The van der Waals surface area contributed by atoms with Gasteiger partial charge in [0.05, 0.1) is 48.8 Å². The first-order chi connectivity index (χ1) is 12.0. The number of ether oxygens (including phenoxy) is 2. The first kappa shape index (κ1) is 17.8. The van der Waals surface area contributed by atoms with E-state index >= 15 is 0 Å². The number of amides is 3. The molecule has 9 heteroatoms. The summed E-state index contributed by atoms with van der Waals surface area (Å²) >= 11 is 6.36. The van der Waals surface area contributed by atoms with Crippen molar-refractivity contribution < 1.29 is 19.1 Å². The third-order valence-corrected chi connectivity index (χ3v) is 4.46. The first-order valence-electron chi connectivity index (χ1n) is 8.11. The molecule has 2 saturated heterocycles. The SMILES string of the molecule is NC(=O)COC1CN(C(=O)Nc2cccc(Cl)c2N2CCOCC2)C1. The molecule has 1 aromatic rings. The molecule has 0 bridgehead atoms. The molecule has 3 N–H and O–H groups in total. The van der Waals surface area contributed by atoms with E-state index in [4.69, 9.17) is 26.8 Å². The Hall–Kier alpha value is -2.03. The Labute approximate surface area is 150 Å². The molecule has 0 aliphatic carbocycles. The highest BCUT2D eigenvalue weighted by Crippen LogP contribution is 2.34. The molecule has 0 aromatic heterocycles. The Morgan fingerprint density at radius 3 is 2.72 bits per heavy atom. The van der Waals surface area contributed by atoms with Crippen molar-refractivity contribution in [3.8, 4) is 0 Å². The average molecular weight is 369 g/mol. The molecule has 0 unspecified atom stereocenters. The Morgan fingerprint density at radius 2 is 2.04 bits per heavy atom. The average Bonchev–Trinajstić information content (AvgIpc) is 2.54. The van der Waals surface area contributed by atoms with Crippen LogP contribution in [0.4, 0.5) is 16.2 Å². The van der Waals surface area contributed by atoms with Crippen molar-refractivity contribution in [2.24, 2.45) is 5.73 Å². The second-order valence-corrected chi connectivity index (χ2v) is 6.38. The second kappa shape index (κ2) is 7.90. The van der Waals surface area contributed by atoms with Gasteiger partial charge in [0.2, 0.25) is 5.91 Å². The van der Waals surface area contributed by atoms with Gasteiger partial charge >= 0.3 is 6.03 Å². The minimum Gasteiger partial charge on any atom is -0.378 e. The maximum atomic E-state index is 12.4. The second-order valence-electron chi connectivity index (χ2n) is 5.97. The van der Waals surface area contributed by atoms with Crippen LogP contribution in [-0.2, 0) is 14.3 Å². The van der Waals surface area contributed by atoms with Gasteiger partial charge in [-0.25, -0.2) is 4.79 Å². The molecule has 2 heterocycles. The summed E-state index contributed by atoms with van der Waals surface area (Å²) in [6.07, 6.45) is -0.156. The van der Waals surface area contributed by atoms with Gasteiger partial charge in [-0.05, 0) is 12.1 Å². The van der Waals surface area contributed by atoms with Crippen LogP contribution >= 0.6 is 11.6 Å². The third-order valence-electron chi connectivity index (χ3n) is 4.15. The highest BCUT2D eigenvalue weighted by Gasteiger charge is 2.32. The predicted molar refractivity (Wildman–Crippen MR) is 94.0 cm³/mol. The lowest BCUT2D eigenvalue weighted by Crippen LogP contribution is -2.56. The molecule has 2 aliphatic rings. The molecule has 1 aromatic carbocycles. The van der Waals surface area contributed by atoms with Crippen molar-refractivity contribution in [3.63, 3.8) is 0 Å². The predicted octanol–water partition coefficient (Wildman–Crippen LogP) is 0.895. The number of rotatable bonds is 5. The van der Waals surface area contributed by atoms with E-state index in [2.05, 4.69) is 10.2 Å². The number of hydrogen-bond acceptors (Lipinski definition) is 5. The molecule has 0 spiro atoms. The van der Waals surface area contributed by atoms with Gasteiger partial charge < -0.3 is 30.3 Å². The lowest BCUT2D eigenvalue weighted by molar-refractivity contribution is -0.127. The quantitative estimate of drug-likeness (QED) is 0.804. The van der Waals surface area contributed by atoms with E-state index in [1.165, 1.54) is 0 Å². The van der Waals surface area contributed by atoms with Crippen molar-refractivity contribution in [3.05, 3.63) is 23.2 Å². The number of primary amides is 1. The number of morpholine rings is 1. The van der Waals surface area contributed by atoms with Gasteiger partial charge in [-0.1, -0.05) is 17.7 Å². The zero-order valence-corrected chi connectivity index (χ0v) is 14.5. The molecule has 0 radical (unpaired) electrons. The highest BCUT2D eigenvalue weighted by atomic mass is 35.5. The van der Waals surface area contributed by atoms with Crippen LogP contribution in [0, 0.1) is 0 Å². The lowest BCUT2D eigenvalue weighted by atomic mass is 10.2. The summed E-state index contributed by atoms with van der Waals surface area (Å²) in [4.78, 5) is 26.8. The monoisotopic (exact) mass is 368 g/mol. The Kier molecular flexibility index (Phi) is 5.62. The maximum absolute atomic E-state index is 12.4. The summed E-state index contributed by atoms with van der Waals surface area (Å²) in [5, 5.41) is 3.50. The molecule has 8 nitrogen and oxygen atoms in total. The molecule has 0 saturated carbocycles. The third kappa shape index (κ3) is 4.33. The van der Waals surface area contributed by atoms with Crippen LogP contribution < -0.4 is 16.0 Å². The molecule has 136 valence electrons. The topological polar surface area (TPSA) is 97.1 Å². The van der Waals surface area contributed by atoms with Gasteiger partial charge in [-0.15, -0.1) is 0 Å². The van der Waals surface area contributed by atoms with Crippen LogP contribution in [0.15, 0.2) is 18.2 Å². The lowest BCUT2D eigenvalue weighted by Gasteiger charge is -2.39. The number of urea groups is 1. The van der Waals surface area contributed by atoms with E-state index in [1.807, 2.05) is 6.07 Å². The molecule has 0 atom stereocenters. The Balaban J connectivity index is 1.60. The zero-order valence-electron chi connectivity index (χ0n) is 13.7. The van der Waals surface area contributed by atoms with E-state index in [-0.39, 0.29) is 18.7 Å². The number of nitrogens with one attached hydrogen (secondary N) is 1. The minimum absolute atomic E-state index is 0.129. The molecular formula is C16H21ClN4O4. The van der Waals surface area contributed by atoms with Gasteiger partial charge in [0.1, 0.15) is 6.61 Å². The van der Waals surface area contributed by atoms with E-state index < -0.39 is 5.91 Å². The molecular weight excluding hydrogens is 348 g/mol. The Morgan fingerprint density at radius 1 is 1.32 bits per heavy atom. The number of benzene rings is 1. The van der Waals surface area contributed by atoms with Gasteiger partial charge in [0, 0.05) is 13.1 Å². The van der Waals surface area contributed by atoms with Crippen molar-refractivity contribution in [2.75, 3.05) is 56.2 Å². The van der Waals surface area contributed by atoms with E-state index in [1.54, 1.807) is 17.0 Å². The smallest absolute Gasteiger partial charge is 0.322 e. The van der Waals surface area contributed by atoms with Crippen molar-refractivity contribution >= 4 is 34.9 Å². The summed E-state index contributed by atoms with van der Waals surface area (Å²) in [6.45, 7) is 3.42. The van der Waals surface area contributed by atoms with Crippen LogP contribution in [0.5, 0.6) is 0 Å². The van der Waals surface area contributed by atoms with Gasteiger partial charge in [-0.2, -0.15) is 0 Å². The summed E-state index contributed by atoms with van der Waals surface area (Å²) in [6, 6.07) is 5.21. The number of nitrogens with zero attached hydrogens (tertiary/aromatic N) is 2. The van der Waals surface area contributed by atoms with Gasteiger partial charge in [0.25, 0.3) is 0 Å². The number of anilines is 2. The first-order valence-corrected chi connectivity index (χ1v) is 8.49. The van der Waals surface area contributed by atoms with Crippen LogP contribution in [0.1, 0.15) is 0 Å². The highest BCUT2D eigenvalue weighted by molar-refractivity contribution is 6.34. The fourth-order valence-corrected chi connectivity index (χ4v) is 3.12. The summed E-state index contributed by atoms with van der Waals surface area (Å²) in [7, 11) is 0. The largest absolute Gasteiger partial charge is 0.378 e. The summed E-state index contributed by atoms with van der Waals surface area (Å²) in [5.74, 6) is -0.517.